The van der Waals surface area contributed by atoms with Crippen molar-refractivity contribution < 1.29 is 8.42 Å². The van der Waals surface area contributed by atoms with E-state index in [-0.39, 0.29) is 5.92 Å². The number of hydrogen-bond donors (Lipinski definition) is 0. The Morgan fingerprint density at radius 2 is 2.08 bits per heavy atom. The molecule has 1 fully saturated rings. The second-order valence-corrected chi connectivity index (χ2v) is 8.66. The van der Waals surface area contributed by atoms with Crippen molar-refractivity contribution >= 4 is 21.2 Å². The van der Waals surface area contributed by atoms with E-state index in [9.17, 15) is 8.42 Å². The number of aryl methyl sites for hydroxylation is 2. The summed E-state index contributed by atoms with van der Waals surface area (Å²) in [5, 5.41) is 0. The third kappa shape index (κ3) is 2.81. The van der Waals surface area contributed by atoms with Crippen LogP contribution in [0.25, 0.3) is 11.2 Å². The Bertz CT molecular complexity index is 1060. The first kappa shape index (κ1) is 17.2. The highest BCUT2D eigenvalue weighted by atomic mass is 32.2. The van der Waals surface area contributed by atoms with Gasteiger partial charge < -0.3 is 4.57 Å². The zero-order chi connectivity index (χ0) is 18.3. The van der Waals surface area contributed by atoms with Gasteiger partial charge in [-0.1, -0.05) is 12.1 Å². The quantitative estimate of drug-likeness (QED) is 0.708. The van der Waals surface area contributed by atoms with Crippen LogP contribution in [0.2, 0.25) is 0 Å². The molecule has 3 heterocycles. The molecule has 1 aliphatic heterocycles. The van der Waals surface area contributed by atoms with Crippen molar-refractivity contribution in [3.05, 3.63) is 54.0 Å². The number of hydrogen-bond acceptors (Lipinski definition) is 4. The zero-order valence-corrected chi connectivity index (χ0v) is 15.8. The van der Waals surface area contributed by atoms with E-state index < -0.39 is 10.0 Å². The third-order valence-corrected chi connectivity index (χ3v) is 6.85. The van der Waals surface area contributed by atoms with Crippen LogP contribution in [-0.4, -0.2) is 40.3 Å². The van der Waals surface area contributed by atoms with Gasteiger partial charge in [-0.15, -0.1) is 0 Å². The molecule has 4 rings (SSSR count). The molecule has 136 valence electrons. The van der Waals surface area contributed by atoms with Crippen molar-refractivity contribution in [2.75, 3.05) is 13.1 Å². The molecular weight excluding hydrogens is 348 g/mol. The average molecular weight is 370 g/mol. The predicted molar refractivity (Wildman–Crippen MR) is 100 cm³/mol. The number of imidazole rings is 1. The summed E-state index contributed by atoms with van der Waals surface area (Å²) in [6.45, 7) is 5.71. The van der Waals surface area contributed by atoms with E-state index in [1.165, 1.54) is 0 Å². The molecule has 26 heavy (non-hydrogen) atoms. The van der Waals surface area contributed by atoms with Crippen molar-refractivity contribution in [3.63, 3.8) is 0 Å². The van der Waals surface area contributed by atoms with Crippen molar-refractivity contribution in [2.24, 2.45) is 0 Å². The Kier molecular flexibility index (Phi) is 4.28. The van der Waals surface area contributed by atoms with Gasteiger partial charge in [0.2, 0.25) is 10.0 Å². The number of rotatable bonds is 4. The number of benzene rings is 1. The molecule has 0 spiro atoms. The summed E-state index contributed by atoms with van der Waals surface area (Å²) in [6.07, 6.45) is 2.54. The van der Waals surface area contributed by atoms with Crippen molar-refractivity contribution in [1.29, 1.82) is 0 Å². The van der Waals surface area contributed by atoms with Crippen molar-refractivity contribution in [3.8, 4) is 0 Å². The number of fused-ring (bicyclic) bond motifs is 1. The lowest BCUT2D eigenvalue weighted by Crippen LogP contribution is -2.29. The summed E-state index contributed by atoms with van der Waals surface area (Å²) >= 11 is 0. The highest BCUT2D eigenvalue weighted by Gasteiger charge is 2.35. The molecule has 0 bridgehead atoms. The maximum Gasteiger partial charge on any atom is 0.243 e. The van der Waals surface area contributed by atoms with Gasteiger partial charge in [-0.25, -0.2) is 18.4 Å². The minimum atomic E-state index is -3.47. The van der Waals surface area contributed by atoms with E-state index in [0.29, 0.717) is 18.0 Å². The van der Waals surface area contributed by atoms with Gasteiger partial charge in [-0.2, -0.15) is 4.31 Å². The molecule has 7 heteroatoms. The highest BCUT2D eigenvalue weighted by Crippen LogP contribution is 2.32. The van der Waals surface area contributed by atoms with Crippen LogP contribution in [-0.2, 0) is 16.6 Å². The second kappa shape index (κ2) is 6.48. The highest BCUT2D eigenvalue weighted by molar-refractivity contribution is 7.89. The maximum atomic E-state index is 13.0. The molecule has 6 nitrogen and oxygen atoms in total. The topological polar surface area (TPSA) is 68.1 Å². The van der Waals surface area contributed by atoms with Crippen molar-refractivity contribution in [2.45, 2.75) is 37.6 Å². The number of aromatic nitrogens is 3. The van der Waals surface area contributed by atoms with Crippen LogP contribution in [0.4, 0.5) is 0 Å². The number of nitrogens with zero attached hydrogens (tertiary/aromatic N) is 4. The Hall–Kier alpha value is -2.25. The fourth-order valence-electron chi connectivity index (χ4n) is 3.68. The maximum absolute atomic E-state index is 13.0. The lowest BCUT2D eigenvalue weighted by atomic mass is 10.1. The van der Waals surface area contributed by atoms with Gasteiger partial charge in [0.25, 0.3) is 0 Å². The Morgan fingerprint density at radius 3 is 2.85 bits per heavy atom. The van der Waals surface area contributed by atoms with E-state index in [0.717, 1.165) is 35.5 Å². The fourth-order valence-corrected chi connectivity index (χ4v) is 5.29. The van der Waals surface area contributed by atoms with Crippen LogP contribution < -0.4 is 0 Å². The van der Waals surface area contributed by atoms with Crippen LogP contribution in [0.5, 0.6) is 0 Å². The second-order valence-electron chi connectivity index (χ2n) is 6.73. The molecule has 0 radical (unpaired) electrons. The first-order chi connectivity index (χ1) is 12.5. The summed E-state index contributed by atoms with van der Waals surface area (Å²) in [5.74, 6) is 1.02. The Morgan fingerprint density at radius 1 is 1.23 bits per heavy atom. The first-order valence-electron chi connectivity index (χ1n) is 8.88. The van der Waals surface area contributed by atoms with Gasteiger partial charge in [-0.05, 0) is 50.1 Å². The van der Waals surface area contributed by atoms with Gasteiger partial charge in [-0.3, -0.25) is 0 Å². The van der Waals surface area contributed by atoms with Crippen LogP contribution in [0.3, 0.4) is 0 Å². The lowest BCUT2D eigenvalue weighted by molar-refractivity contribution is 0.469. The molecule has 2 aromatic heterocycles. The van der Waals surface area contributed by atoms with Gasteiger partial charge in [0, 0.05) is 31.7 Å². The molecule has 0 N–H and O–H groups in total. The summed E-state index contributed by atoms with van der Waals surface area (Å²) in [4.78, 5) is 9.55. The van der Waals surface area contributed by atoms with Gasteiger partial charge in [0.15, 0.2) is 5.65 Å². The Balaban J connectivity index is 1.65. The van der Waals surface area contributed by atoms with E-state index in [2.05, 4.69) is 16.5 Å². The minimum Gasteiger partial charge on any atom is -0.313 e. The summed E-state index contributed by atoms with van der Waals surface area (Å²) in [6, 6.07) is 10.9. The summed E-state index contributed by atoms with van der Waals surface area (Å²) < 4.78 is 29.6. The monoisotopic (exact) mass is 370 g/mol. The van der Waals surface area contributed by atoms with Crippen LogP contribution >= 0.6 is 0 Å². The molecule has 0 saturated carbocycles. The number of pyridine rings is 1. The standard InChI is InChI=1S/C19H22N4O2S/c1-3-23-18(21-17-8-5-10-20-19(17)23)15-9-11-22(13-15)26(24,25)16-7-4-6-14(2)12-16/h4-8,10,12,15H,3,9,11,13H2,1-2H3. The molecule has 1 aromatic carbocycles. The molecule has 1 saturated heterocycles. The van der Waals surface area contributed by atoms with Gasteiger partial charge >= 0.3 is 0 Å². The zero-order valence-electron chi connectivity index (χ0n) is 15.0. The normalized spacial score (nSPS) is 18.6. The minimum absolute atomic E-state index is 0.0868. The van der Waals surface area contributed by atoms with Crippen LogP contribution in [0.1, 0.15) is 30.7 Å². The molecule has 0 aliphatic carbocycles. The lowest BCUT2D eigenvalue weighted by Gasteiger charge is -2.17. The van der Waals surface area contributed by atoms with Crippen LogP contribution in [0.15, 0.2) is 47.5 Å². The molecule has 1 unspecified atom stereocenters. The third-order valence-electron chi connectivity index (χ3n) is 4.99. The SMILES string of the molecule is CCn1c(C2CCN(S(=O)(=O)c3cccc(C)c3)C2)nc2cccnc21. The van der Waals surface area contributed by atoms with E-state index in [1.54, 1.807) is 28.7 Å². The van der Waals surface area contributed by atoms with E-state index >= 15 is 0 Å². The van der Waals surface area contributed by atoms with E-state index in [1.807, 2.05) is 25.1 Å². The molecule has 1 atom stereocenters. The predicted octanol–water partition coefficient (Wildman–Crippen LogP) is 2.94. The van der Waals surface area contributed by atoms with Gasteiger partial charge in [0.05, 0.1) is 4.90 Å². The molecule has 3 aromatic rings. The first-order valence-corrected chi connectivity index (χ1v) is 10.3. The van der Waals surface area contributed by atoms with E-state index in [4.69, 9.17) is 4.98 Å². The molecular formula is C19H22N4O2S. The molecule has 1 aliphatic rings. The fraction of sp³-hybridized carbons (Fsp3) is 0.368. The molecule has 0 amide bonds. The smallest absolute Gasteiger partial charge is 0.243 e. The van der Waals surface area contributed by atoms with Crippen molar-refractivity contribution in [1.82, 2.24) is 18.8 Å². The Labute approximate surface area is 153 Å². The van der Waals surface area contributed by atoms with Crippen LogP contribution in [0, 0.1) is 6.92 Å². The summed E-state index contributed by atoms with van der Waals surface area (Å²) in [7, 11) is -3.47. The number of sulfonamides is 1. The average Bonchev–Trinajstić information content (AvgIpc) is 3.26. The van der Waals surface area contributed by atoms with Gasteiger partial charge in [0.1, 0.15) is 11.3 Å². The largest absolute Gasteiger partial charge is 0.313 e. The summed E-state index contributed by atoms with van der Waals surface area (Å²) in [5.41, 5.74) is 2.68.